The highest BCUT2D eigenvalue weighted by atomic mass is 16.5. The SMILES string of the molecule is COc1ccc(COC(=O)N[C@@H](Cc2cnc[nH]2)C(=O)N[C@H](CO)CC(C)C)cc1. The lowest BCUT2D eigenvalue weighted by molar-refractivity contribution is -0.124. The van der Waals surface area contributed by atoms with Crippen LogP contribution in [0.2, 0.25) is 0 Å². The van der Waals surface area contributed by atoms with Gasteiger partial charge in [0.15, 0.2) is 0 Å². The van der Waals surface area contributed by atoms with Crippen molar-refractivity contribution in [2.75, 3.05) is 13.7 Å². The van der Waals surface area contributed by atoms with Crippen LogP contribution in [0.15, 0.2) is 36.8 Å². The van der Waals surface area contributed by atoms with E-state index in [1.165, 1.54) is 6.33 Å². The van der Waals surface area contributed by atoms with E-state index < -0.39 is 18.0 Å². The van der Waals surface area contributed by atoms with E-state index in [0.717, 1.165) is 5.56 Å². The molecule has 1 aromatic heterocycles. The van der Waals surface area contributed by atoms with Crippen molar-refractivity contribution in [3.8, 4) is 5.75 Å². The van der Waals surface area contributed by atoms with Crippen LogP contribution in [0.1, 0.15) is 31.5 Å². The molecule has 0 bridgehead atoms. The van der Waals surface area contributed by atoms with E-state index in [2.05, 4.69) is 20.6 Å². The summed E-state index contributed by atoms with van der Waals surface area (Å²) in [5.74, 6) is 0.612. The highest BCUT2D eigenvalue weighted by Crippen LogP contribution is 2.12. The molecule has 1 heterocycles. The average Bonchev–Trinajstić information content (AvgIpc) is 3.24. The Bertz CT molecular complexity index is 777. The zero-order valence-electron chi connectivity index (χ0n) is 17.6. The first-order valence-electron chi connectivity index (χ1n) is 9.86. The normalized spacial score (nSPS) is 12.8. The fourth-order valence-electron chi connectivity index (χ4n) is 2.93. The maximum atomic E-state index is 12.8. The van der Waals surface area contributed by atoms with Gasteiger partial charge in [-0.3, -0.25) is 4.79 Å². The summed E-state index contributed by atoms with van der Waals surface area (Å²) in [6.07, 6.45) is 3.21. The van der Waals surface area contributed by atoms with Crippen LogP contribution >= 0.6 is 0 Å². The van der Waals surface area contributed by atoms with Crippen LogP contribution in [-0.4, -0.2) is 52.9 Å². The van der Waals surface area contributed by atoms with Crippen molar-refractivity contribution >= 4 is 12.0 Å². The van der Waals surface area contributed by atoms with Crippen LogP contribution in [0.25, 0.3) is 0 Å². The van der Waals surface area contributed by atoms with Gasteiger partial charge in [-0.15, -0.1) is 0 Å². The van der Waals surface area contributed by atoms with Gasteiger partial charge in [0.25, 0.3) is 0 Å². The Hall–Kier alpha value is -3.07. The molecule has 0 unspecified atom stereocenters. The number of imidazole rings is 1. The minimum atomic E-state index is -0.880. The number of rotatable bonds is 11. The van der Waals surface area contributed by atoms with Crippen LogP contribution in [0.3, 0.4) is 0 Å². The Labute approximate surface area is 176 Å². The molecule has 2 atom stereocenters. The lowest BCUT2D eigenvalue weighted by atomic mass is 10.0. The number of nitrogens with zero attached hydrogens (tertiary/aromatic N) is 1. The highest BCUT2D eigenvalue weighted by Gasteiger charge is 2.25. The molecule has 2 rings (SSSR count). The molecular weight excluding hydrogens is 388 g/mol. The summed E-state index contributed by atoms with van der Waals surface area (Å²) in [6.45, 7) is 3.89. The number of hydrogen-bond donors (Lipinski definition) is 4. The molecule has 0 radical (unpaired) electrons. The predicted octanol–water partition coefficient (Wildman–Crippen LogP) is 1.78. The second-order valence-electron chi connectivity index (χ2n) is 7.42. The molecule has 0 aliphatic carbocycles. The zero-order valence-corrected chi connectivity index (χ0v) is 17.6. The van der Waals surface area contributed by atoms with Gasteiger partial charge in [0, 0.05) is 18.3 Å². The van der Waals surface area contributed by atoms with E-state index in [9.17, 15) is 14.7 Å². The minimum absolute atomic E-state index is 0.0564. The van der Waals surface area contributed by atoms with Crippen molar-refractivity contribution in [2.24, 2.45) is 5.92 Å². The van der Waals surface area contributed by atoms with Crippen molar-refractivity contribution < 1.29 is 24.2 Å². The molecule has 0 fully saturated rings. The lowest BCUT2D eigenvalue weighted by Crippen LogP contribution is -2.51. The zero-order chi connectivity index (χ0) is 21.9. The number of aliphatic hydroxyl groups is 1. The number of benzene rings is 1. The number of nitrogens with one attached hydrogen (secondary N) is 3. The Morgan fingerprint density at radius 3 is 2.50 bits per heavy atom. The van der Waals surface area contributed by atoms with Crippen molar-refractivity contribution in [1.29, 1.82) is 0 Å². The lowest BCUT2D eigenvalue weighted by Gasteiger charge is -2.23. The van der Waals surface area contributed by atoms with Crippen LogP contribution < -0.4 is 15.4 Å². The largest absolute Gasteiger partial charge is 0.497 e. The fourth-order valence-corrected chi connectivity index (χ4v) is 2.93. The van der Waals surface area contributed by atoms with Crippen LogP contribution in [0.5, 0.6) is 5.75 Å². The molecule has 0 saturated heterocycles. The average molecular weight is 418 g/mol. The summed E-state index contributed by atoms with van der Waals surface area (Å²) >= 11 is 0. The third-order valence-corrected chi connectivity index (χ3v) is 4.44. The first-order valence-corrected chi connectivity index (χ1v) is 9.86. The molecule has 2 aromatic rings. The number of ether oxygens (including phenoxy) is 2. The second-order valence-corrected chi connectivity index (χ2v) is 7.42. The summed E-state index contributed by atoms with van der Waals surface area (Å²) in [5, 5.41) is 14.9. The number of aromatic nitrogens is 2. The number of carbonyl (C=O) groups excluding carboxylic acids is 2. The summed E-state index contributed by atoms with van der Waals surface area (Å²) in [6, 6.07) is 5.86. The molecule has 1 aromatic carbocycles. The van der Waals surface area contributed by atoms with Gasteiger partial charge in [-0.1, -0.05) is 26.0 Å². The number of methoxy groups -OCH3 is 1. The van der Waals surface area contributed by atoms with E-state index in [1.54, 1.807) is 37.6 Å². The molecule has 0 saturated carbocycles. The van der Waals surface area contributed by atoms with Crippen LogP contribution in [0, 0.1) is 5.92 Å². The van der Waals surface area contributed by atoms with E-state index in [-0.39, 0.29) is 25.7 Å². The van der Waals surface area contributed by atoms with Gasteiger partial charge in [0.05, 0.1) is 26.1 Å². The van der Waals surface area contributed by atoms with Crippen LogP contribution in [0.4, 0.5) is 4.79 Å². The predicted molar refractivity (Wildman–Crippen MR) is 111 cm³/mol. The number of aliphatic hydroxyl groups excluding tert-OH is 1. The maximum absolute atomic E-state index is 12.8. The molecule has 2 amide bonds. The van der Waals surface area contributed by atoms with Gasteiger partial charge in [-0.25, -0.2) is 9.78 Å². The third kappa shape index (κ3) is 7.75. The first-order chi connectivity index (χ1) is 14.4. The van der Waals surface area contributed by atoms with Gasteiger partial charge in [-0.2, -0.15) is 0 Å². The summed E-state index contributed by atoms with van der Waals surface area (Å²) in [5.41, 5.74) is 1.48. The number of hydrogen-bond acceptors (Lipinski definition) is 6. The quantitative estimate of drug-likeness (QED) is 0.441. The molecule has 0 spiro atoms. The monoisotopic (exact) mass is 418 g/mol. The van der Waals surface area contributed by atoms with Crippen molar-refractivity contribution in [3.05, 3.63) is 48.0 Å². The third-order valence-electron chi connectivity index (χ3n) is 4.44. The smallest absolute Gasteiger partial charge is 0.408 e. The van der Waals surface area contributed by atoms with E-state index in [4.69, 9.17) is 9.47 Å². The van der Waals surface area contributed by atoms with Gasteiger partial charge in [0.2, 0.25) is 5.91 Å². The molecule has 0 aliphatic heterocycles. The Morgan fingerprint density at radius 1 is 1.20 bits per heavy atom. The molecule has 30 heavy (non-hydrogen) atoms. The van der Waals surface area contributed by atoms with Gasteiger partial charge in [0.1, 0.15) is 18.4 Å². The molecule has 9 nitrogen and oxygen atoms in total. The molecule has 0 aliphatic rings. The topological polar surface area (TPSA) is 126 Å². The number of aromatic amines is 1. The molecule has 164 valence electrons. The molecule has 4 N–H and O–H groups in total. The van der Waals surface area contributed by atoms with Crippen molar-refractivity contribution in [2.45, 2.75) is 45.4 Å². The first kappa shape index (κ1) is 23.2. The Kier molecular flexibility index (Phi) is 9.14. The Balaban J connectivity index is 1.97. The van der Waals surface area contributed by atoms with Crippen molar-refractivity contribution in [3.63, 3.8) is 0 Å². The standard InChI is InChI=1S/C21H30N4O5/c1-14(2)8-17(11-26)24-20(27)19(9-16-10-22-13-23-16)25-21(28)30-12-15-4-6-18(29-3)7-5-15/h4-7,10,13-14,17,19,26H,8-9,11-12H2,1-3H3,(H,22,23)(H,24,27)(H,25,28)/t17-,19-/m0/s1. The van der Waals surface area contributed by atoms with E-state index in [1.807, 2.05) is 13.8 Å². The fraction of sp³-hybridized carbons (Fsp3) is 0.476. The minimum Gasteiger partial charge on any atom is -0.497 e. The van der Waals surface area contributed by atoms with Crippen LogP contribution in [-0.2, 0) is 22.6 Å². The maximum Gasteiger partial charge on any atom is 0.408 e. The highest BCUT2D eigenvalue weighted by molar-refractivity contribution is 5.86. The van der Waals surface area contributed by atoms with Gasteiger partial charge in [-0.05, 0) is 30.0 Å². The summed E-state index contributed by atoms with van der Waals surface area (Å²) in [7, 11) is 1.58. The van der Waals surface area contributed by atoms with E-state index in [0.29, 0.717) is 23.8 Å². The summed E-state index contributed by atoms with van der Waals surface area (Å²) in [4.78, 5) is 31.9. The number of carbonyl (C=O) groups is 2. The molecule has 9 heteroatoms. The molecular formula is C21H30N4O5. The van der Waals surface area contributed by atoms with Gasteiger partial charge >= 0.3 is 6.09 Å². The number of alkyl carbamates (subject to hydrolysis) is 1. The Morgan fingerprint density at radius 2 is 1.93 bits per heavy atom. The second kappa shape index (κ2) is 11.8. The van der Waals surface area contributed by atoms with E-state index >= 15 is 0 Å². The number of amides is 2. The summed E-state index contributed by atoms with van der Waals surface area (Å²) < 4.78 is 10.3. The van der Waals surface area contributed by atoms with Gasteiger partial charge < -0.3 is 30.2 Å². The van der Waals surface area contributed by atoms with Crippen molar-refractivity contribution in [1.82, 2.24) is 20.6 Å². The number of H-pyrrole nitrogens is 1.